The van der Waals surface area contributed by atoms with Crippen LogP contribution in [0.4, 0.5) is 11.4 Å². The molecule has 136 valence electrons. The van der Waals surface area contributed by atoms with E-state index >= 15 is 0 Å². The van der Waals surface area contributed by atoms with E-state index in [4.69, 9.17) is 4.74 Å². The van der Waals surface area contributed by atoms with E-state index in [-0.39, 0.29) is 18.4 Å². The molecule has 1 aliphatic heterocycles. The number of benzene rings is 2. The number of para-hydroxylation sites is 2. The SMILES string of the molecule is CNC(=O)C1CN(CC(=O)Nc2ccc(C)c(Br)c2)c2ccccc2O1. The largest absolute Gasteiger partial charge is 0.477 e. The third-order valence-electron chi connectivity index (χ3n) is 4.19. The number of fused-ring (bicyclic) bond motifs is 1. The van der Waals surface area contributed by atoms with E-state index in [0.717, 1.165) is 21.4 Å². The molecule has 0 aliphatic carbocycles. The van der Waals surface area contributed by atoms with Crippen LogP contribution in [0.25, 0.3) is 0 Å². The van der Waals surface area contributed by atoms with E-state index in [0.29, 0.717) is 12.3 Å². The van der Waals surface area contributed by atoms with Crippen LogP contribution < -0.4 is 20.3 Å². The van der Waals surface area contributed by atoms with E-state index in [1.54, 1.807) is 13.1 Å². The maximum Gasteiger partial charge on any atom is 0.262 e. The van der Waals surface area contributed by atoms with Gasteiger partial charge in [-0.05, 0) is 36.8 Å². The molecule has 1 aliphatic rings. The van der Waals surface area contributed by atoms with E-state index in [1.807, 2.05) is 48.2 Å². The van der Waals surface area contributed by atoms with E-state index in [2.05, 4.69) is 26.6 Å². The third-order valence-corrected chi connectivity index (χ3v) is 5.04. The van der Waals surface area contributed by atoms with Crippen LogP contribution in [0.2, 0.25) is 0 Å². The molecule has 0 saturated heterocycles. The van der Waals surface area contributed by atoms with Crippen molar-refractivity contribution >= 4 is 39.1 Å². The van der Waals surface area contributed by atoms with Crippen LogP contribution in [0.1, 0.15) is 5.56 Å². The van der Waals surface area contributed by atoms with Crippen molar-refractivity contribution in [3.63, 3.8) is 0 Å². The maximum atomic E-state index is 12.5. The highest BCUT2D eigenvalue weighted by molar-refractivity contribution is 9.10. The highest BCUT2D eigenvalue weighted by Crippen LogP contribution is 2.33. The van der Waals surface area contributed by atoms with Crippen molar-refractivity contribution in [1.29, 1.82) is 0 Å². The Morgan fingerprint density at radius 2 is 2.04 bits per heavy atom. The first-order chi connectivity index (χ1) is 12.5. The van der Waals surface area contributed by atoms with Crippen molar-refractivity contribution in [2.75, 3.05) is 30.4 Å². The van der Waals surface area contributed by atoms with Gasteiger partial charge in [0.05, 0.1) is 18.8 Å². The second-order valence-corrected chi connectivity index (χ2v) is 6.94. The summed E-state index contributed by atoms with van der Waals surface area (Å²) in [5.41, 5.74) is 2.61. The molecule has 0 aromatic heterocycles. The summed E-state index contributed by atoms with van der Waals surface area (Å²) >= 11 is 3.46. The van der Waals surface area contributed by atoms with Gasteiger partial charge in [-0.1, -0.05) is 34.1 Å². The van der Waals surface area contributed by atoms with Crippen molar-refractivity contribution in [3.05, 3.63) is 52.5 Å². The number of ether oxygens (including phenoxy) is 1. The first-order valence-corrected chi connectivity index (χ1v) is 9.05. The topological polar surface area (TPSA) is 70.7 Å². The zero-order valence-electron chi connectivity index (χ0n) is 14.6. The molecule has 2 amide bonds. The van der Waals surface area contributed by atoms with Crippen LogP contribution in [-0.2, 0) is 9.59 Å². The van der Waals surface area contributed by atoms with Crippen LogP contribution >= 0.6 is 15.9 Å². The Morgan fingerprint density at radius 1 is 1.27 bits per heavy atom. The fraction of sp³-hybridized carbons (Fsp3) is 0.263. The van der Waals surface area contributed by atoms with Gasteiger partial charge < -0.3 is 20.3 Å². The monoisotopic (exact) mass is 417 g/mol. The van der Waals surface area contributed by atoms with Crippen LogP contribution in [-0.4, -0.2) is 38.1 Å². The Morgan fingerprint density at radius 3 is 2.77 bits per heavy atom. The summed E-state index contributed by atoms with van der Waals surface area (Å²) in [7, 11) is 1.57. The lowest BCUT2D eigenvalue weighted by atomic mass is 10.1. The summed E-state index contributed by atoms with van der Waals surface area (Å²) in [6.45, 7) is 2.42. The lowest BCUT2D eigenvalue weighted by molar-refractivity contribution is -0.127. The van der Waals surface area contributed by atoms with Gasteiger partial charge in [-0.3, -0.25) is 9.59 Å². The van der Waals surface area contributed by atoms with Crippen LogP contribution in [0.15, 0.2) is 46.9 Å². The highest BCUT2D eigenvalue weighted by Gasteiger charge is 2.30. The number of likely N-dealkylation sites (N-methyl/N-ethyl adjacent to an activating group) is 1. The number of hydrogen-bond donors (Lipinski definition) is 2. The number of nitrogens with zero attached hydrogens (tertiary/aromatic N) is 1. The molecule has 2 aromatic carbocycles. The summed E-state index contributed by atoms with van der Waals surface area (Å²) in [5.74, 6) is 0.221. The van der Waals surface area contributed by atoms with Gasteiger partial charge in [-0.2, -0.15) is 0 Å². The molecule has 0 fully saturated rings. The average molecular weight is 418 g/mol. The number of halogens is 1. The zero-order chi connectivity index (χ0) is 18.7. The predicted molar refractivity (Wildman–Crippen MR) is 105 cm³/mol. The van der Waals surface area contributed by atoms with Gasteiger partial charge in [0.2, 0.25) is 5.91 Å². The fourth-order valence-corrected chi connectivity index (χ4v) is 3.18. The van der Waals surface area contributed by atoms with Gasteiger partial charge >= 0.3 is 0 Å². The molecule has 0 saturated carbocycles. The molecule has 26 heavy (non-hydrogen) atoms. The molecule has 2 N–H and O–H groups in total. The number of amides is 2. The predicted octanol–water partition coefficient (Wildman–Crippen LogP) is 2.71. The fourth-order valence-electron chi connectivity index (χ4n) is 2.80. The molecule has 3 rings (SSSR count). The number of carbonyl (C=O) groups is 2. The number of aryl methyl sites for hydroxylation is 1. The quantitative estimate of drug-likeness (QED) is 0.801. The molecule has 6 nitrogen and oxygen atoms in total. The minimum atomic E-state index is -0.656. The van der Waals surface area contributed by atoms with E-state index in [9.17, 15) is 9.59 Å². The van der Waals surface area contributed by atoms with Crippen molar-refractivity contribution < 1.29 is 14.3 Å². The van der Waals surface area contributed by atoms with Crippen molar-refractivity contribution in [1.82, 2.24) is 5.32 Å². The number of hydrogen-bond acceptors (Lipinski definition) is 4. The minimum absolute atomic E-state index is 0.124. The van der Waals surface area contributed by atoms with Gasteiger partial charge in [-0.25, -0.2) is 0 Å². The summed E-state index contributed by atoms with van der Waals surface area (Å²) in [4.78, 5) is 26.4. The minimum Gasteiger partial charge on any atom is -0.477 e. The van der Waals surface area contributed by atoms with Crippen LogP contribution in [0.3, 0.4) is 0 Å². The molecule has 7 heteroatoms. The molecule has 0 spiro atoms. The summed E-state index contributed by atoms with van der Waals surface area (Å²) in [6.07, 6.45) is -0.656. The van der Waals surface area contributed by atoms with Gasteiger partial charge in [0.25, 0.3) is 5.91 Å². The summed E-state index contributed by atoms with van der Waals surface area (Å²) < 4.78 is 6.69. The second-order valence-electron chi connectivity index (χ2n) is 6.08. The van der Waals surface area contributed by atoms with Gasteiger partial charge in [0.1, 0.15) is 5.75 Å². The Hall–Kier alpha value is -2.54. The van der Waals surface area contributed by atoms with Gasteiger partial charge in [0.15, 0.2) is 6.10 Å². The average Bonchev–Trinajstić information content (AvgIpc) is 2.64. The van der Waals surface area contributed by atoms with Crippen molar-refractivity contribution in [3.8, 4) is 5.75 Å². The number of rotatable bonds is 4. The molecule has 1 unspecified atom stereocenters. The van der Waals surface area contributed by atoms with Gasteiger partial charge in [-0.15, -0.1) is 0 Å². The Kier molecular flexibility index (Phi) is 5.46. The Balaban J connectivity index is 1.75. The molecular weight excluding hydrogens is 398 g/mol. The first kappa shape index (κ1) is 18.3. The summed E-state index contributed by atoms with van der Waals surface area (Å²) in [6, 6.07) is 13.1. The standard InChI is InChI=1S/C19H20BrN3O3/c1-12-7-8-13(9-14(12)20)22-18(24)11-23-10-17(19(25)21-2)26-16-6-4-3-5-15(16)23/h3-9,17H,10-11H2,1-2H3,(H,21,25)(H,22,24). The van der Waals surface area contributed by atoms with E-state index < -0.39 is 6.10 Å². The lowest BCUT2D eigenvalue weighted by Crippen LogP contribution is -2.50. The molecule has 1 atom stereocenters. The first-order valence-electron chi connectivity index (χ1n) is 8.26. The van der Waals surface area contributed by atoms with Gasteiger partial charge in [0, 0.05) is 17.2 Å². The number of nitrogens with one attached hydrogen (secondary N) is 2. The van der Waals surface area contributed by atoms with Crippen molar-refractivity contribution in [2.24, 2.45) is 0 Å². The molecule has 1 heterocycles. The maximum absolute atomic E-state index is 12.5. The van der Waals surface area contributed by atoms with E-state index in [1.165, 1.54) is 0 Å². The normalized spacial score (nSPS) is 15.7. The number of anilines is 2. The van der Waals surface area contributed by atoms with Crippen LogP contribution in [0, 0.1) is 6.92 Å². The highest BCUT2D eigenvalue weighted by atomic mass is 79.9. The zero-order valence-corrected chi connectivity index (χ0v) is 16.2. The Bertz CT molecular complexity index is 841. The summed E-state index contributed by atoms with van der Waals surface area (Å²) in [5, 5.41) is 5.49. The molecular formula is C19H20BrN3O3. The Labute approximate surface area is 160 Å². The molecule has 0 bridgehead atoms. The van der Waals surface area contributed by atoms with Crippen LogP contribution in [0.5, 0.6) is 5.75 Å². The molecule has 0 radical (unpaired) electrons. The molecule has 2 aromatic rings. The van der Waals surface area contributed by atoms with Crippen molar-refractivity contribution in [2.45, 2.75) is 13.0 Å². The smallest absolute Gasteiger partial charge is 0.262 e. The lowest BCUT2D eigenvalue weighted by Gasteiger charge is -2.35. The number of carbonyl (C=O) groups excluding carboxylic acids is 2. The second kappa shape index (κ2) is 7.78. The third kappa shape index (κ3) is 3.99.